The Labute approximate surface area is 160 Å². The van der Waals surface area contributed by atoms with E-state index in [1.807, 2.05) is 23.6 Å². The maximum absolute atomic E-state index is 12.2. The summed E-state index contributed by atoms with van der Waals surface area (Å²) in [6, 6.07) is 13.5. The smallest absolute Gasteiger partial charge is 0.257 e. The number of hydrogen-bond donors (Lipinski definition) is 1. The number of thiazole rings is 1. The third-order valence-electron chi connectivity index (χ3n) is 4.16. The molecule has 3 aromatic rings. The third kappa shape index (κ3) is 4.19. The maximum atomic E-state index is 12.2. The lowest BCUT2D eigenvalue weighted by molar-refractivity contribution is 0.0346. The van der Waals surface area contributed by atoms with E-state index in [0.29, 0.717) is 10.7 Å². The fourth-order valence-corrected chi connectivity index (χ4v) is 4.57. The second-order valence-electron chi connectivity index (χ2n) is 6.01. The summed E-state index contributed by atoms with van der Waals surface area (Å²) in [5.41, 5.74) is 1.55. The molecule has 1 aromatic carbocycles. The fraction of sp³-hybridized carbons (Fsp3) is 0.263. The van der Waals surface area contributed by atoms with E-state index < -0.39 is 0 Å². The van der Waals surface area contributed by atoms with Crippen molar-refractivity contribution in [2.75, 3.05) is 31.6 Å². The molecule has 2 aromatic heterocycles. The average molecular weight is 386 g/mol. The molecule has 3 heterocycles. The minimum Gasteiger partial charge on any atom is -0.379 e. The van der Waals surface area contributed by atoms with E-state index in [1.54, 1.807) is 23.5 Å². The van der Waals surface area contributed by atoms with Gasteiger partial charge >= 0.3 is 0 Å². The average Bonchev–Trinajstić information content (AvgIpc) is 3.33. The molecule has 0 saturated carbocycles. The Balaban J connectivity index is 1.40. The molecule has 1 amide bonds. The molecule has 0 bridgehead atoms. The summed E-state index contributed by atoms with van der Waals surface area (Å²) in [6.45, 7) is 4.55. The van der Waals surface area contributed by atoms with Crippen LogP contribution in [0.4, 0.5) is 5.13 Å². The van der Waals surface area contributed by atoms with Crippen LogP contribution >= 0.6 is 22.7 Å². The molecule has 0 unspecified atom stereocenters. The van der Waals surface area contributed by atoms with Crippen molar-refractivity contribution in [2.45, 2.75) is 6.54 Å². The van der Waals surface area contributed by atoms with Crippen LogP contribution in [0.25, 0.3) is 10.6 Å². The van der Waals surface area contributed by atoms with E-state index in [2.05, 4.69) is 27.3 Å². The van der Waals surface area contributed by atoms with E-state index in [4.69, 9.17) is 4.74 Å². The summed E-state index contributed by atoms with van der Waals surface area (Å²) in [7, 11) is 0. The molecular formula is C19H19N3O2S2. The Morgan fingerprint density at radius 3 is 2.77 bits per heavy atom. The van der Waals surface area contributed by atoms with E-state index in [-0.39, 0.29) is 5.91 Å². The molecule has 1 fully saturated rings. The highest BCUT2D eigenvalue weighted by Gasteiger charge is 2.14. The number of morpholine rings is 1. The zero-order chi connectivity index (χ0) is 17.8. The van der Waals surface area contributed by atoms with Crippen molar-refractivity contribution >= 4 is 33.7 Å². The predicted octanol–water partition coefficient (Wildman–Crippen LogP) is 3.96. The van der Waals surface area contributed by atoms with Gasteiger partial charge in [-0.2, -0.15) is 0 Å². The normalized spacial score (nSPS) is 15.1. The minimum atomic E-state index is -0.134. The number of carbonyl (C=O) groups excluding carboxylic acids is 1. The molecule has 0 spiro atoms. The highest BCUT2D eigenvalue weighted by Crippen LogP contribution is 2.31. The second-order valence-corrected chi connectivity index (χ2v) is 8.04. The summed E-state index contributed by atoms with van der Waals surface area (Å²) in [6.07, 6.45) is 0. The van der Waals surface area contributed by atoms with Crippen molar-refractivity contribution in [3.8, 4) is 10.6 Å². The quantitative estimate of drug-likeness (QED) is 0.722. The van der Waals surface area contributed by atoms with Gasteiger partial charge in [0.15, 0.2) is 5.13 Å². The molecule has 1 aliphatic heterocycles. The number of hydrogen-bond acceptors (Lipinski definition) is 6. The van der Waals surface area contributed by atoms with Crippen LogP contribution in [-0.4, -0.2) is 42.1 Å². The highest BCUT2D eigenvalue weighted by atomic mass is 32.1. The minimum absolute atomic E-state index is 0.134. The van der Waals surface area contributed by atoms with Crippen molar-refractivity contribution in [1.82, 2.24) is 9.88 Å². The number of anilines is 1. The monoisotopic (exact) mass is 385 g/mol. The molecule has 1 saturated heterocycles. The zero-order valence-corrected chi connectivity index (χ0v) is 15.8. The van der Waals surface area contributed by atoms with Gasteiger partial charge in [-0.3, -0.25) is 15.0 Å². The Morgan fingerprint density at radius 1 is 1.15 bits per heavy atom. The lowest BCUT2D eigenvalue weighted by atomic mass is 10.2. The van der Waals surface area contributed by atoms with Crippen LogP contribution in [0.5, 0.6) is 0 Å². The van der Waals surface area contributed by atoms with E-state index in [0.717, 1.165) is 43.4 Å². The second kappa shape index (κ2) is 8.09. The lowest BCUT2D eigenvalue weighted by Crippen LogP contribution is -2.35. The largest absolute Gasteiger partial charge is 0.379 e. The van der Waals surface area contributed by atoms with Crippen molar-refractivity contribution < 1.29 is 9.53 Å². The predicted molar refractivity (Wildman–Crippen MR) is 106 cm³/mol. The first-order valence-corrected chi connectivity index (χ1v) is 10.2. The van der Waals surface area contributed by atoms with Crippen molar-refractivity contribution in [1.29, 1.82) is 0 Å². The number of nitrogens with zero attached hydrogens (tertiary/aromatic N) is 2. The van der Waals surface area contributed by atoms with E-state index >= 15 is 0 Å². The molecule has 1 N–H and O–H groups in total. The van der Waals surface area contributed by atoms with Gasteiger partial charge in [-0.15, -0.1) is 22.7 Å². The number of ether oxygens (including phenoxy) is 1. The first kappa shape index (κ1) is 17.4. The summed E-state index contributed by atoms with van der Waals surface area (Å²) < 4.78 is 5.40. The number of nitrogens with one attached hydrogen (secondary N) is 1. The van der Waals surface area contributed by atoms with Gasteiger partial charge in [-0.05, 0) is 24.3 Å². The van der Waals surface area contributed by atoms with Gasteiger partial charge in [0.1, 0.15) is 0 Å². The molecule has 5 nitrogen and oxygen atoms in total. The van der Waals surface area contributed by atoms with Gasteiger partial charge < -0.3 is 4.74 Å². The van der Waals surface area contributed by atoms with Gasteiger partial charge in [0.2, 0.25) is 0 Å². The molecule has 0 aliphatic carbocycles. The van der Waals surface area contributed by atoms with Crippen LogP contribution in [0.3, 0.4) is 0 Å². The Hall–Kier alpha value is -2.06. The summed E-state index contributed by atoms with van der Waals surface area (Å²) >= 11 is 3.21. The number of benzene rings is 1. The van der Waals surface area contributed by atoms with Crippen LogP contribution in [0.1, 0.15) is 15.2 Å². The molecule has 0 atom stereocenters. The SMILES string of the molecule is O=C(Nc1nc(-c2ccc(CN3CCOCC3)s2)cs1)c1ccccc1. The molecule has 1 aliphatic rings. The van der Waals surface area contributed by atoms with Crippen molar-refractivity contribution in [3.05, 3.63) is 58.3 Å². The number of carbonyl (C=O) groups is 1. The first-order valence-electron chi connectivity index (χ1n) is 8.49. The molecule has 0 radical (unpaired) electrons. The molecule has 4 rings (SSSR count). The van der Waals surface area contributed by atoms with Crippen LogP contribution < -0.4 is 5.32 Å². The topological polar surface area (TPSA) is 54.5 Å². The third-order valence-corrected chi connectivity index (χ3v) is 6.01. The Bertz CT molecular complexity index is 870. The molecule has 7 heteroatoms. The Morgan fingerprint density at radius 2 is 1.96 bits per heavy atom. The number of aromatic nitrogens is 1. The Kier molecular flexibility index (Phi) is 5.40. The molecule has 134 valence electrons. The number of amides is 1. The van der Waals surface area contributed by atoms with Gasteiger partial charge in [0, 0.05) is 35.5 Å². The molecule has 26 heavy (non-hydrogen) atoms. The zero-order valence-electron chi connectivity index (χ0n) is 14.2. The van der Waals surface area contributed by atoms with Gasteiger partial charge in [0.05, 0.1) is 23.8 Å². The van der Waals surface area contributed by atoms with Crippen LogP contribution in [-0.2, 0) is 11.3 Å². The summed E-state index contributed by atoms with van der Waals surface area (Å²) in [4.78, 5) is 21.7. The number of thiophene rings is 1. The van der Waals surface area contributed by atoms with E-state index in [1.165, 1.54) is 16.2 Å². The standard InChI is InChI=1S/C19H19N3O2S2/c23-18(14-4-2-1-3-5-14)21-19-20-16(13-25-19)17-7-6-15(26-17)12-22-8-10-24-11-9-22/h1-7,13H,8-12H2,(H,20,21,23). The lowest BCUT2D eigenvalue weighted by Gasteiger charge is -2.25. The highest BCUT2D eigenvalue weighted by molar-refractivity contribution is 7.17. The van der Waals surface area contributed by atoms with Crippen LogP contribution in [0.2, 0.25) is 0 Å². The summed E-state index contributed by atoms with van der Waals surface area (Å²) in [5, 5.41) is 5.49. The summed E-state index contributed by atoms with van der Waals surface area (Å²) in [5.74, 6) is -0.134. The van der Waals surface area contributed by atoms with Crippen molar-refractivity contribution in [2.24, 2.45) is 0 Å². The van der Waals surface area contributed by atoms with Gasteiger partial charge in [-0.25, -0.2) is 4.98 Å². The maximum Gasteiger partial charge on any atom is 0.257 e. The van der Waals surface area contributed by atoms with Crippen LogP contribution in [0.15, 0.2) is 47.8 Å². The number of rotatable bonds is 5. The fourth-order valence-electron chi connectivity index (χ4n) is 2.78. The van der Waals surface area contributed by atoms with Gasteiger partial charge in [-0.1, -0.05) is 18.2 Å². The van der Waals surface area contributed by atoms with Crippen LogP contribution in [0, 0.1) is 0 Å². The van der Waals surface area contributed by atoms with Gasteiger partial charge in [0.25, 0.3) is 5.91 Å². The first-order chi connectivity index (χ1) is 12.8. The molecular weight excluding hydrogens is 366 g/mol. The van der Waals surface area contributed by atoms with E-state index in [9.17, 15) is 4.79 Å². The van der Waals surface area contributed by atoms with Crippen molar-refractivity contribution in [3.63, 3.8) is 0 Å².